The Balaban J connectivity index is 1.46. The topological polar surface area (TPSA) is 148 Å². The molecule has 0 aromatic carbocycles. The van der Waals surface area contributed by atoms with E-state index in [0.29, 0.717) is 30.2 Å². The largest absolute Gasteiger partial charge is 0.463 e. The molecule has 2 aromatic heterocycles. The summed E-state index contributed by atoms with van der Waals surface area (Å²) in [5, 5.41) is 28.2. The molecule has 2 fully saturated rings. The minimum Gasteiger partial charge on any atom is -0.463 e. The lowest BCUT2D eigenvalue weighted by atomic mass is 9.87. The highest BCUT2D eigenvalue weighted by atomic mass is 16.6. The number of hydrogen-bond acceptors (Lipinski definition) is 9. The number of ether oxygens (including phenoxy) is 3. The molecule has 2 aromatic rings. The molecule has 1 amide bonds. The zero-order valence-electron chi connectivity index (χ0n) is 23.0. The summed E-state index contributed by atoms with van der Waals surface area (Å²) in [6, 6.07) is 5.39. The summed E-state index contributed by atoms with van der Waals surface area (Å²) in [7, 11) is 0. The monoisotopic (exact) mass is 541 g/mol. The number of nitriles is 1. The van der Waals surface area contributed by atoms with E-state index in [1.54, 1.807) is 26.0 Å². The van der Waals surface area contributed by atoms with Gasteiger partial charge in [-0.2, -0.15) is 10.4 Å². The second kappa shape index (κ2) is 12.4. The third-order valence-electron chi connectivity index (χ3n) is 7.66. The Morgan fingerprint density at radius 2 is 2.08 bits per heavy atom. The number of fused-ring (bicyclic) bond motifs is 1. The molecule has 0 unspecified atom stereocenters. The molecule has 1 aliphatic heterocycles. The molecular formula is C28H39N5O6. The number of aromatic nitrogens is 3. The third-order valence-corrected chi connectivity index (χ3v) is 7.66. The minimum absolute atomic E-state index is 0.0429. The van der Waals surface area contributed by atoms with Crippen LogP contribution >= 0.6 is 0 Å². The fourth-order valence-electron chi connectivity index (χ4n) is 5.27. The number of nitrogens with one attached hydrogen (secondary N) is 1. The number of aliphatic hydroxyl groups excluding tert-OH is 1. The maximum absolute atomic E-state index is 12.9. The van der Waals surface area contributed by atoms with Gasteiger partial charge in [-0.3, -0.25) is 9.59 Å². The molecule has 11 nitrogen and oxygen atoms in total. The summed E-state index contributed by atoms with van der Waals surface area (Å²) in [5.41, 5.74) is -2.09. The predicted molar refractivity (Wildman–Crippen MR) is 141 cm³/mol. The fourth-order valence-corrected chi connectivity index (χ4v) is 5.27. The summed E-state index contributed by atoms with van der Waals surface area (Å²) in [6.45, 7) is 5.84. The summed E-state index contributed by atoms with van der Waals surface area (Å²) >= 11 is 0. The first-order valence-electron chi connectivity index (χ1n) is 13.9. The second-order valence-corrected chi connectivity index (χ2v) is 11.0. The van der Waals surface area contributed by atoms with Gasteiger partial charge in [0, 0.05) is 19.4 Å². The van der Waals surface area contributed by atoms with E-state index in [-0.39, 0.29) is 30.7 Å². The highest BCUT2D eigenvalue weighted by molar-refractivity contribution is 5.98. The molecule has 11 heteroatoms. The van der Waals surface area contributed by atoms with Gasteiger partial charge in [0.15, 0.2) is 5.82 Å². The Morgan fingerprint density at radius 3 is 2.79 bits per heavy atom. The molecule has 212 valence electrons. The van der Waals surface area contributed by atoms with Crippen LogP contribution < -0.4 is 5.32 Å². The van der Waals surface area contributed by atoms with E-state index in [1.807, 2.05) is 6.92 Å². The zero-order chi connectivity index (χ0) is 28.0. The predicted octanol–water partition coefficient (Wildman–Crippen LogP) is 3.65. The number of carbonyl (C=O) groups excluding carboxylic acids is 2. The highest BCUT2D eigenvalue weighted by Crippen LogP contribution is 2.40. The van der Waals surface area contributed by atoms with Gasteiger partial charge in [-0.05, 0) is 51.2 Å². The van der Waals surface area contributed by atoms with Gasteiger partial charge in [-0.25, -0.2) is 9.50 Å². The van der Waals surface area contributed by atoms with Crippen LogP contribution in [0.15, 0.2) is 18.5 Å². The van der Waals surface area contributed by atoms with E-state index in [2.05, 4.69) is 21.5 Å². The molecule has 2 N–H and O–H groups in total. The summed E-state index contributed by atoms with van der Waals surface area (Å²) in [4.78, 5) is 29.5. The molecule has 1 aliphatic carbocycles. The van der Waals surface area contributed by atoms with Crippen LogP contribution in [0.1, 0.15) is 84.3 Å². The smallest absolute Gasteiger partial charge is 0.306 e. The van der Waals surface area contributed by atoms with Gasteiger partial charge < -0.3 is 24.6 Å². The Hall–Kier alpha value is -3.07. The molecule has 0 radical (unpaired) electrons. The Kier molecular flexibility index (Phi) is 9.20. The van der Waals surface area contributed by atoms with E-state index in [0.717, 1.165) is 38.5 Å². The standard InChI is InChI=1S/C28H39N5O6/c1-4-5-13-38-27(2,3)26(36)32-25-21-11-12-22(33(21)31-18-30-25)28(17-29)23(34)15-20(39-28)16-37-24(35)14-19-9-7-6-8-10-19/h11-12,18-20,23,34H,4-10,13-16H2,1-3H3,(H,30,31,32,36)/t20-,23-,28+/m1/s1. The van der Waals surface area contributed by atoms with Crippen LogP contribution in [-0.2, 0) is 29.4 Å². The maximum Gasteiger partial charge on any atom is 0.306 e. The van der Waals surface area contributed by atoms with Crippen LogP contribution in [0.25, 0.3) is 5.52 Å². The second-order valence-electron chi connectivity index (χ2n) is 11.0. The molecule has 39 heavy (non-hydrogen) atoms. The number of amides is 1. The van der Waals surface area contributed by atoms with Gasteiger partial charge in [0.05, 0.1) is 11.8 Å². The molecule has 0 spiro atoms. The first kappa shape index (κ1) is 28.9. The lowest BCUT2D eigenvalue weighted by molar-refractivity contribution is -0.150. The van der Waals surface area contributed by atoms with Gasteiger partial charge >= 0.3 is 5.97 Å². The molecule has 3 atom stereocenters. The van der Waals surface area contributed by atoms with E-state index < -0.39 is 23.4 Å². The van der Waals surface area contributed by atoms with Crippen molar-refractivity contribution in [2.24, 2.45) is 5.92 Å². The quantitative estimate of drug-likeness (QED) is 0.321. The number of hydrogen-bond donors (Lipinski definition) is 2. The molecule has 1 saturated carbocycles. The maximum atomic E-state index is 12.9. The molecule has 4 rings (SSSR count). The number of carbonyl (C=O) groups is 2. The Morgan fingerprint density at radius 1 is 1.31 bits per heavy atom. The van der Waals surface area contributed by atoms with Crippen LogP contribution in [-0.4, -0.2) is 62.6 Å². The van der Waals surface area contributed by atoms with Crippen molar-refractivity contribution in [3.8, 4) is 6.07 Å². The summed E-state index contributed by atoms with van der Waals surface area (Å²) in [6.07, 6.45) is 7.32. The Labute approximate surface area is 228 Å². The molecule has 2 aliphatic rings. The van der Waals surface area contributed by atoms with Crippen molar-refractivity contribution in [1.82, 2.24) is 14.6 Å². The van der Waals surface area contributed by atoms with E-state index >= 15 is 0 Å². The van der Waals surface area contributed by atoms with Gasteiger partial charge in [-0.15, -0.1) is 0 Å². The first-order valence-corrected chi connectivity index (χ1v) is 13.9. The number of nitrogens with zero attached hydrogens (tertiary/aromatic N) is 4. The molecule has 0 bridgehead atoms. The first-order chi connectivity index (χ1) is 18.7. The van der Waals surface area contributed by atoms with Crippen LogP contribution in [0.2, 0.25) is 0 Å². The van der Waals surface area contributed by atoms with Crippen LogP contribution in [0.3, 0.4) is 0 Å². The number of esters is 1. The van der Waals surface area contributed by atoms with Gasteiger partial charge in [0.1, 0.15) is 36.2 Å². The average molecular weight is 542 g/mol. The number of unbranched alkanes of at least 4 members (excludes halogenated alkanes) is 1. The van der Waals surface area contributed by atoms with Crippen LogP contribution in [0.4, 0.5) is 5.82 Å². The van der Waals surface area contributed by atoms with Crippen molar-refractivity contribution in [2.45, 2.75) is 102 Å². The van der Waals surface area contributed by atoms with Crippen molar-refractivity contribution in [3.05, 3.63) is 24.2 Å². The molecule has 3 heterocycles. The lowest BCUT2D eigenvalue weighted by Gasteiger charge is -2.25. The van der Waals surface area contributed by atoms with Crippen molar-refractivity contribution in [3.63, 3.8) is 0 Å². The van der Waals surface area contributed by atoms with Crippen molar-refractivity contribution in [1.29, 1.82) is 5.26 Å². The summed E-state index contributed by atoms with van der Waals surface area (Å²) < 4.78 is 18.7. The van der Waals surface area contributed by atoms with Crippen molar-refractivity contribution >= 4 is 23.2 Å². The molecular weight excluding hydrogens is 502 g/mol. The summed E-state index contributed by atoms with van der Waals surface area (Å²) in [5.74, 6) is -0.0573. The molecule has 1 saturated heterocycles. The van der Waals surface area contributed by atoms with Gasteiger partial charge in [0.25, 0.3) is 5.91 Å². The average Bonchev–Trinajstić information content (AvgIpc) is 3.50. The minimum atomic E-state index is -1.73. The fraction of sp³-hybridized carbons (Fsp3) is 0.679. The van der Waals surface area contributed by atoms with E-state index in [9.17, 15) is 20.0 Å². The van der Waals surface area contributed by atoms with Gasteiger partial charge in [0.2, 0.25) is 5.60 Å². The lowest BCUT2D eigenvalue weighted by Crippen LogP contribution is -2.40. The third kappa shape index (κ3) is 6.40. The highest BCUT2D eigenvalue weighted by Gasteiger charge is 2.52. The number of aliphatic hydroxyl groups is 1. The van der Waals surface area contributed by atoms with Crippen molar-refractivity contribution in [2.75, 3.05) is 18.5 Å². The zero-order valence-corrected chi connectivity index (χ0v) is 23.0. The van der Waals surface area contributed by atoms with E-state index in [1.165, 1.54) is 17.3 Å². The van der Waals surface area contributed by atoms with Crippen LogP contribution in [0.5, 0.6) is 0 Å². The number of anilines is 1. The van der Waals surface area contributed by atoms with Crippen molar-refractivity contribution < 1.29 is 28.9 Å². The Bertz CT molecular complexity index is 1200. The number of rotatable bonds is 11. The SMILES string of the molecule is CCCCOC(C)(C)C(=O)Nc1ncnn2c([C@]3(C#N)O[C@@H](COC(=O)CC4CCCCC4)C[C@H]3O)ccc12. The van der Waals surface area contributed by atoms with E-state index in [4.69, 9.17) is 14.2 Å². The normalized spacial score (nSPS) is 24.0. The van der Waals surface area contributed by atoms with Gasteiger partial charge in [-0.1, -0.05) is 32.6 Å². The van der Waals surface area contributed by atoms with Crippen LogP contribution in [0, 0.1) is 17.2 Å².